The van der Waals surface area contributed by atoms with Crippen molar-refractivity contribution in [3.05, 3.63) is 16.6 Å². The molecule has 104 valence electrons. The van der Waals surface area contributed by atoms with Crippen molar-refractivity contribution in [3.8, 4) is 11.5 Å². The average molecular weight is 329 g/mol. The molecule has 0 spiro atoms. The third kappa shape index (κ3) is 3.39. The van der Waals surface area contributed by atoms with E-state index in [1.807, 2.05) is 6.92 Å². The highest BCUT2D eigenvalue weighted by Gasteiger charge is 2.18. The summed E-state index contributed by atoms with van der Waals surface area (Å²) in [6, 6.07) is 3.57. The van der Waals surface area contributed by atoms with Crippen LogP contribution in [-0.4, -0.2) is 25.7 Å². The van der Waals surface area contributed by atoms with Gasteiger partial charge in [-0.2, -0.15) is 0 Å². The van der Waals surface area contributed by atoms with Gasteiger partial charge in [0, 0.05) is 22.5 Å². The quantitative estimate of drug-likeness (QED) is 0.888. The average Bonchev–Trinajstić information content (AvgIpc) is 2.39. The Morgan fingerprint density at radius 2 is 2.05 bits per heavy atom. The molecule has 1 aliphatic rings. The van der Waals surface area contributed by atoms with Gasteiger partial charge in [0.25, 0.3) is 0 Å². The highest BCUT2D eigenvalue weighted by Crippen LogP contribution is 2.38. The predicted octanol–water partition coefficient (Wildman–Crippen LogP) is 2.14. The Bertz CT molecular complexity index is 479. The molecule has 1 unspecified atom stereocenters. The van der Waals surface area contributed by atoms with Crippen LogP contribution in [0.5, 0.6) is 11.5 Å². The lowest BCUT2D eigenvalue weighted by Gasteiger charge is -2.20. The van der Waals surface area contributed by atoms with E-state index >= 15 is 0 Å². The minimum absolute atomic E-state index is 0.0529. The van der Waals surface area contributed by atoms with Gasteiger partial charge in [-0.15, -0.1) is 0 Å². The van der Waals surface area contributed by atoms with Gasteiger partial charge in [0.15, 0.2) is 11.5 Å². The molecular formula is C13H17BrN2O3. The van der Waals surface area contributed by atoms with Crippen LogP contribution in [0, 0.1) is 5.92 Å². The summed E-state index contributed by atoms with van der Waals surface area (Å²) in [5.74, 6) is 1.16. The maximum Gasteiger partial charge on any atom is 0.227 e. The van der Waals surface area contributed by atoms with Crippen molar-refractivity contribution in [3.63, 3.8) is 0 Å². The Balaban J connectivity index is 2.14. The molecule has 1 aromatic carbocycles. The number of nitrogens with two attached hydrogens (primary N) is 1. The maximum absolute atomic E-state index is 12.0. The van der Waals surface area contributed by atoms with E-state index < -0.39 is 0 Å². The fourth-order valence-electron chi connectivity index (χ4n) is 1.80. The number of rotatable bonds is 4. The van der Waals surface area contributed by atoms with Crippen molar-refractivity contribution in [2.75, 3.05) is 25.1 Å². The van der Waals surface area contributed by atoms with Crippen LogP contribution in [0.1, 0.15) is 13.3 Å². The van der Waals surface area contributed by atoms with E-state index in [0.717, 1.165) is 4.47 Å². The summed E-state index contributed by atoms with van der Waals surface area (Å²) in [5.41, 5.74) is 6.13. The molecule has 0 aliphatic carbocycles. The number of benzene rings is 1. The normalized spacial score (nSPS) is 14.9. The van der Waals surface area contributed by atoms with Gasteiger partial charge in [0.2, 0.25) is 5.91 Å². The Hall–Kier alpha value is -1.27. The second-order valence-corrected chi connectivity index (χ2v) is 5.30. The number of carbonyl (C=O) groups excluding carboxylic acids is 1. The first-order valence-corrected chi connectivity index (χ1v) is 7.01. The van der Waals surface area contributed by atoms with Gasteiger partial charge in [-0.25, -0.2) is 0 Å². The third-order valence-corrected chi connectivity index (χ3v) is 3.59. The van der Waals surface area contributed by atoms with Crippen LogP contribution < -0.4 is 20.5 Å². The van der Waals surface area contributed by atoms with Crippen LogP contribution in [0.4, 0.5) is 5.69 Å². The number of hydrogen-bond donors (Lipinski definition) is 2. The number of halogens is 1. The van der Waals surface area contributed by atoms with Crippen LogP contribution in [0.15, 0.2) is 16.6 Å². The van der Waals surface area contributed by atoms with E-state index in [2.05, 4.69) is 21.2 Å². The van der Waals surface area contributed by atoms with Crippen LogP contribution in [0.2, 0.25) is 0 Å². The van der Waals surface area contributed by atoms with Crippen molar-refractivity contribution in [2.24, 2.45) is 11.7 Å². The second-order valence-electron chi connectivity index (χ2n) is 4.44. The standard InChI is InChI=1S/C13H17BrN2O3/c1-8(2-3-15)13(17)16-10-7-12-11(6-9(10)14)18-4-5-19-12/h6-8H,2-5,15H2,1H3,(H,16,17). The van der Waals surface area contributed by atoms with Crippen molar-refractivity contribution < 1.29 is 14.3 Å². The summed E-state index contributed by atoms with van der Waals surface area (Å²) >= 11 is 3.42. The molecule has 3 N–H and O–H groups in total. The van der Waals surface area contributed by atoms with Crippen molar-refractivity contribution in [2.45, 2.75) is 13.3 Å². The molecule has 1 aromatic rings. The van der Waals surface area contributed by atoms with E-state index in [0.29, 0.717) is 43.4 Å². The number of carbonyl (C=O) groups is 1. The lowest BCUT2D eigenvalue weighted by molar-refractivity contribution is -0.119. The van der Waals surface area contributed by atoms with Crippen LogP contribution in [0.25, 0.3) is 0 Å². The van der Waals surface area contributed by atoms with Crippen LogP contribution in [-0.2, 0) is 4.79 Å². The molecule has 1 aliphatic heterocycles. The number of nitrogens with one attached hydrogen (secondary N) is 1. The summed E-state index contributed by atoms with van der Waals surface area (Å²) in [6.45, 7) is 3.41. The fourth-order valence-corrected chi connectivity index (χ4v) is 2.22. The van der Waals surface area contributed by atoms with E-state index in [1.165, 1.54) is 0 Å². The van der Waals surface area contributed by atoms with Crippen molar-refractivity contribution in [1.82, 2.24) is 0 Å². The number of anilines is 1. The maximum atomic E-state index is 12.0. The first kappa shape index (κ1) is 14.1. The summed E-state index contributed by atoms with van der Waals surface area (Å²) in [7, 11) is 0. The Kier molecular flexibility index (Phi) is 4.66. The third-order valence-electron chi connectivity index (χ3n) is 2.94. The summed E-state index contributed by atoms with van der Waals surface area (Å²) in [6.07, 6.45) is 0.661. The van der Waals surface area contributed by atoms with Gasteiger partial charge in [-0.05, 0) is 28.9 Å². The molecule has 0 saturated carbocycles. The minimum atomic E-state index is -0.120. The molecule has 1 heterocycles. The lowest BCUT2D eigenvalue weighted by atomic mass is 10.1. The number of hydrogen-bond acceptors (Lipinski definition) is 4. The van der Waals surface area contributed by atoms with Gasteiger partial charge in [0.1, 0.15) is 13.2 Å². The zero-order valence-corrected chi connectivity index (χ0v) is 12.3. The molecule has 0 bridgehead atoms. The first-order chi connectivity index (χ1) is 9.11. The topological polar surface area (TPSA) is 73.6 Å². The first-order valence-electron chi connectivity index (χ1n) is 6.22. The molecule has 0 saturated heterocycles. The van der Waals surface area contributed by atoms with Crippen LogP contribution >= 0.6 is 15.9 Å². The Labute approximate surface area is 120 Å². The molecule has 1 atom stereocenters. The Morgan fingerprint density at radius 3 is 2.68 bits per heavy atom. The van der Waals surface area contributed by atoms with Crippen molar-refractivity contribution in [1.29, 1.82) is 0 Å². The SMILES string of the molecule is CC(CCN)C(=O)Nc1cc2c(cc1Br)OCCO2. The molecule has 1 amide bonds. The van der Waals surface area contributed by atoms with E-state index in [-0.39, 0.29) is 11.8 Å². The minimum Gasteiger partial charge on any atom is -0.486 e. The van der Waals surface area contributed by atoms with Gasteiger partial charge >= 0.3 is 0 Å². The molecule has 0 radical (unpaired) electrons. The molecule has 6 heteroatoms. The second kappa shape index (κ2) is 6.25. The fraction of sp³-hybridized carbons (Fsp3) is 0.462. The summed E-state index contributed by atoms with van der Waals surface area (Å²) < 4.78 is 11.7. The predicted molar refractivity (Wildman–Crippen MR) is 76.6 cm³/mol. The van der Waals surface area contributed by atoms with E-state index in [1.54, 1.807) is 12.1 Å². The number of fused-ring (bicyclic) bond motifs is 1. The van der Waals surface area contributed by atoms with E-state index in [9.17, 15) is 4.79 Å². The van der Waals surface area contributed by atoms with Gasteiger partial charge in [-0.3, -0.25) is 4.79 Å². The molecule has 0 fully saturated rings. The summed E-state index contributed by atoms with van der Waals surface area (Å²) in [5, 5.41) is 2.87. The van der Waals surface area contributed by atoms with E-state index in [4.69, 9.17) is 15.2 Å². The number of ether oxygens (including phenoxy) is 2. The Morgan fingerprint density at radius 1 is 1.42 bits per heavy atom. The zero-order valence-electron chi connectivity index (χ0n) is 10.7. The monoisotopic (exact) mass is 328 g/mol. The summed E-state index contributed by atoms with van der Waals surface area (Å²) in [4.78, 5) is 12.0. The molecule has 2 rings (SSSR count). The number of amides is 1. The molecule has 0 aromatic heterocycles. The van der Waals surface area contributed by atoms with Crippen molar-refractivity contribution >= 4 is 27.5 Å². The molecular weight excluding hydrogens is 312 g/mol. The van der Waals surface area contributed by atoms with Crippen LogP contribution in [0.3, 0.4) is 0 Å². The highest BCUT2D eigenvalue weighted by molar-refractivity contribution is 9.10. The smallest absolute Gasteiger partial charge is 0.227 e. The highest BCUT2D eigenvalue weighted by atomic mass is 79.9. The largest absolute Gasteiger partial charge is 0.486 e. The van der Waals surface area contributed by atoms with Gasteiger partial charge in [0.05, 0.1) is 5.69 Å². The molecule has 19 heavy (non-hydrogen) atoms. The van der Waals surface area contributed by atoms with Gasteiger partial charge in [-0.1, -0.05) is 6.92 Å². The zero-order chi connectivity index (χ0) is 13.8. The molecule has 5 nitrogen and oxygen atoms in total. The lowest BCUT2D eigenvalue weighted by Crippen LogP contribution is -2.23. The van der Waals surface area contributed by atoms with Gasteiger partial charge < -0.3 is 20.5 Å².